The molecular formula is C6H8Cl2N2. The number of rotatable bonds is 1. The Morgan fingerprint density at radius 1 is 1.50 bits per heavy atom. The molecule has 0 unspecified atom stereocenters. The van der Waals surface area contributed by atoms with Gasteiger partial charge in [0.25, 0.3) is 0 Å². The molecule has 1 aromatic rings. The second kappa shape index (κ2) is 4.50. The molecule has 0 spiro atoms. The van der Waals surface area contributed by atoms with Gasteiger partial charge in [-0.2, -0.15) is 0 Å². The van der Waals surface area contributed by atoms with Gasteiger partial charge in [-0.1, -0.05) is 17.7 Å². The molecule has 0 aliphatic carbocycles. The summed E-state index contributed by atoms with van der Waals surface area (Å²) >= 11 is 5.56. The van der Waals surface area contributed by atoms with Gasteiger partial charge in [-0.15, -0.1) is 12.4 Å². The second-order valence-corrected chi connectivity index (χ2v) is 2.04. The number of nitrogens with two attached hydrogens (primary N) is 1. The van der Waals surface area contributed by atoms with Crippen LogP contribution in [0.15, 0.2) is 18.2 Å². The summed E-state index contributed by atoms with van der Waals surface area (Å²) in [5, 5.41) is 0.498. The average Bonchev–Trinajstić information content (AvgIpc) is 1.88. The molecule has 2 N–H and O–H groups in total. The highest BCUT2D eigenvalue weighted by molar-refractivity contribution is 6.29. The first-order chi connectivity index (χ1) is 4.33. The fourth-order valence-electron chi connectivity index (χ4n) is 0.564. The Kier molecular flexibility index (Phi) is 4.36. The summed E-state index contributed by atoms with van der Waals surface area (Å²) in [6, 6.07) is 5.39. The summed E-state index contributed by atoms with van der Waals surface area (Å²) in [6.45, 7) is 0.445. The van der Waals surface area contributed by atoms with Crippen LogP contribution in [0.25, 0.3) is 0 Å². The Bertz CT molecular complexity index is 203. The van der Waals surface area contributed by atoms with Gasteiger partial charge in [-0.05, 0) is 12.1 Å². The van der Waals surface area contributed by atoms with Gasteiger partial charge in [0.1, 0.15) is 5.15 Å². The first-order valence-electron chi connectivity index (χ1n) is 2.64. The van der Waals surface area contributed by atoms with E-state index in [-0.39, 0.29) is 12.4 Å². The van der Waals surface area contributed by atoms with Crippen molar-refractivity contribution in [1.29, 1.82) is 0 Å². The Morgan fingerprint density at radius 3 is 2.60 bits per heavy atom. The lowest BCUT2D eigenvalue weighted by molar-refractivity contribution is 0.991. The third-order valence-electron chi connectivity index (χ3n) is 0.982. The van der Waals surface area contributed by atoms with Gasteiger partial charge in [-0.3, -0.25) is 0 Å². The van der Waals surface area contributed by atoms with Gasteiger partial charge in [0.15, 0.2) is 0 Å². The summed E-state index contributed by atoms with van der Waals surface area (Å²) in [7, 11) is 0. The van der Waals surface area contributed by atoms with Gasteiger partial charge in [0.05, 0.1) is 5.69 Å². The monoisotopic (exact) mass is 178 g/mol. The van der Waals surface area contributed by atoms with Crippen molar-refractivity contribution in [2.45, 2.75) is 6.54 Å². The van der Waals surface area contributed by atoms with Crippen molar-refractivity contribution >= 4 is 24.0 Å². The van der Waals surface area contributed by atoms with Crippen LogP contribution >= 0.6 is 24.0 Å². The lowest BCUT2D eigenvalue weighted by atomic mass is 10.4. The number of halogens is 2. The molecule has 0 aliphatic heterocycles. The predicted molar refractivity (Wildman–Crippen MR) is 44.4 cm³/mol. The molecule has 0 saturated carbocycles. The molecule has 0 fully saturated rings. The van der Waals surface area contributed by atoms with Crippen LogP contribution in [0, 0.1) is 0 Å². The number of nitrogens with zero attached hydrogens (tertiary/aromatic N) is 1. The molecule has 0 saturated heterocycles. The van der Waals surface area contributed by atoms with Gasteiger partial charge in [0, 0.05) is 6.54 Å². The maximum absolute atomic E-state index is 5.56. The molecular weight excluding hydrogens is 171 g/mol. The molecule has 0 atom stereocenters. The molecule has 0 radical (unpaired) electrons. The summed E-state index contributed by atoms with van der Waals surface area (Å²) in [6.07, 6.45) is 0. The Labute approximate surface area is 70.8 Å². The number of aromatic nitrogens is 1. The van der Waals surface area contributed by atoms with Crippen molar-refractivity contribution < 1.29 is 0 Å². The van der Waals surface area contributed by atoms with E-state index in [0.29, 0.717) is 11.7 Å². The Balaban J connectivity index is 0.000000810. The van der Waals surface area contributed by atoms with Crippen molar-refractivity contribution in [3.05, 3.63) is 29.0 Å². The van der Waals surface area contributed by atoms with Gasteiger partial charge in [0.2, 0.25) is 0 Å². The number of hydrogen-bond acceptors (Lipinski definition) is 2. The zero-order chi connectivity index (χ0) is 6.69. The van der Waals surface area contributed by atoms with Crippen molar-refractivity contribution in [3.8, 4) is 0 Å². The largest absolute Gasteiger partial charge is 0.325 e. The summed E-state index contributed by atoms with van der Waals surface area (Å²) in [5.74, 6) is 0. The standard InChI is InChI=1S/C6H7ClN2.ClH/c7-6-3-1-2-5(4-8)9-6;/h1-3H,4,8H2;1H. The van der Waals surface area contributed by atoms with Crippen LogP contribution in [0.4, 0.5) is 0 Å². The van der Waals surface area contributed by atoms with Crippen molar-refractivity contribution in [2.24, 2.45) is 5.73 Å². The first kappa shape index (κ1) is 9.69. The lowest BCUT2D eigenvalue weighted by Gasteiger charge is -1.92. The number of hydrogen-bond donors (Lipinski definition) is 1. The average molecular weight is 179 g/mol. The van der Waals surface area contributed by atoms with Gasteiger partial charge >= 0.3 is 0 Å². The maximum atomic E-state index is 5.56. The van der Waals surface area contributed by atoms with Crippen LogP contribution < -0.4 is 5.73 Å². The zero-order valence-corrected chi connectivity index (χ0v) is 6.82. The minimum Gasteiger partial charge on any atom is -0.325 e. The van der Waals surface area contributed by atoms with E-state index in [9.17, 15) is 0 Å². The second-order valence-electron chi connectivity index (χ2n) is 1.66. The fourth-order valence-corrected chi connectivity index (χ4v) is 0.745. The van der Waals surface area contributed by atoms with E-state index in [2.05, 4.69) is 4.98 Å². The number of pyridine rings is 1. The van der Waals surface area contributed by atoms with Gasteiger partial charge < -0.3 is 5.73 Å². The summed E-state index contributed by atoms with van der Waals surface area (Å²) in [5.41, 5.74) is 6.12. The smallest absolute Gasteiger partial charge is 0.129 e. The zero-order valence-electron chi connectivity index (χ0n) is 5.25. The molecule has 4 heteroatoms. The Morgan fingerprint density at radius 2 is 2.20 bits per heavy atom. The normalized spacial score (nSPS) is 8.60. The van der Waals surface area contributed by atoms with Crippen LogP contribution in [-0.2, 0) is 6.54 Å². The molecule has 0 aliphatic rings. The molecule has 0 aromatic carbocycles. The van der Waals surface area contributed by atoms with E-state index >= 15 is 0 Å². The van der Waals surface area contributed by atoms with E-state index in [1.54, 1.807) is 6.07 Å². The first-order valence-corrected chi connectivity index (χ1v) is 3.02. The molecule has 10 heavy (non-hydrogen) atoms. The van der Waals surface area contributed by atoms with Crippen LogP contribution in [0.2, 0.25) is 5.15 Å². The van der Waals surface area contributed by atoms with Crippen LogP contribution in [-0.4, -0.2) is 4.98 Å². The third kappa shape index (κ3) is 2.52. The summed E-state index contributed by atoms with van der Waals surface area (Å²) in [4.78, 5) is 3.93. The fraction of sp³-hybridized carbons (Fsp3) is 0.167. The molecule has 1 rings (SSSR count). The van der Waals surface area contributed by atoms with Crippen LogP contribution in [0.1, 0.15) is 5.69 Å². The van der Waals surface area contributed by atoms with E-state index in [1.807, 2.05) is 12.1 Å². The SMILES string of the molecule is Cl.NCc1cccc(Cl)n1. The van der Waals surface area contributed by atoms with Crippen molar-refractivity contribution in [3.63, 3.8) is 0 Å². The van der Waals surface area contributed by atoms with E-state index < -0.39 is 0 Å². The van der Waals surface area contributed by atoms with Crippen molar-refractivity contribution in [1.82, 2.24) is 4.98 Å². The highest BCUT2D eigenvalue weighted by atomic mass is 35.5. The molecule has 0 bridgehead atoms. The summed E-state index contributed by atoms with van der Waals surface area (Å²) < 4.78 is 0. The molecule has 2 nitrogen and oxygen atoms in total. The Hall–Kier alpha value is -0.310. The highest BCUT2D eigenvalue weighted by Gasteiger charge is 1.89. The quantitative estimate of drug-likeness (QED) is 0.665. The highest BCUT2D eigenvalue weighted by Crippen LogP contribution is 2.03. The topological polar surface area (TPSA) is 38.9 Å². The molecule has 1 heterocycles. The van der Waals surface area contributed by atoms with Crippen LogP contribution in [0.3, 0.4) is 0 Å². The molecule has 0 amide bonds. The predicted octanol–water partition coefficient (Wildman–Crippen LogP) is 1.62. The molecule has 1 aromatic heterocycles. The minimum atomic E-state index is 0. The van der Waals surface area contributed by atoms with Crippen molar-refractivity contribution in [2.75, 3.05) is 0 Å². The van der Waals surface area contributed by atoms with Gasteiger partial charge in [-0.25, -0.2) is 4.98 Å². The minimum absolute atomic E-state index is 0. The lowest BCUT2D eigenvalue weighted by Crippen LogP contribution is -1.98. The van der Waals surface area contributed by atoms with E-state index in [1.165, 1.54) is 0 Å². The van der Waals surface area contributed by atoms with Crippen LogP contribution in [0.5, 0.6) is 0 Å². The van der Waals surface area contributed by atoms with E-state index in [4.69, 9.17) is 17.3 Å². The third-order valence-corrected chi connectivity index (χ3v) is 1.19. The molecule has 56 valence electrons. The maximum Gasteiger partial charge on any atom is 0.129 e. The van der Waals surface area contributed by atoms with E-state index in [0.717, 1.165) is 5.69 Å².